The van der Waals surface area contributed by atoms with E-state index in [0.29, 0.717) is 6.54 Å². The number of benzene rings is 2. The van der Waals surface area contributed by atoms with E-state index < -0.39 is 0 Å². The van der Waals surface area contributed by atoms with E-state index in [0.717, 1.165) is 17.1 Å². The van der Waals surface area contributed by atoms with Gasteiger partial charge in [-0.1, -0.05) is 36.4 Å². The first-order valence-corrected chi connectivity index (χ1v) is 6.64. The fourth-order valence-electron chi connectivity index (χ4n) is 2.25. The molecule has 0 saturated heterocycles. The number of aliphatic hydroxyl groups is 1. The Labute approximate surface area is 118 Å². The second kappa shape index (κ2) is 5.94. The fraction of sp³-hybridized carbons (Fsp3) is 0.250. The van der Waals surface area contributed by atoms with Crippen molar-refractivity contribution in [1.29, 1.82) is 0 Å². The zero-order chi connectivity index (χ0) is 13.8. The number of aliphatic hydroxyl groups excluding tert-OH is 1. The summed E-state index contributed by atoms with van der Waals surface area (Å²) in [5.41, 5.74) is 2.18. The summed E-state index contributed by atoms with van der Waals surface area (Å²) in [4.78, 5) is 0. The van der Waals surface area contributed by atoms with E-state index in [1.165, 1.54) is 5.56 Å². The molecule has 4 nitrogen and oxygen atoms in total. The van der Waals surface area contributed by atoms with Crippen LogP contribution in [0.2, 0.25) is 0 Å². The molecule has 1 atom stereocenters. The molecule has 4 heteroatoms. The van der Waals surface area contributed by atoms with E-state index in [-0.39, 0.29) is 19.4 Å². The molecule has 1 heterocycles. The van der Waals surface area contributed by atoms with Crippen molar-refractivity contribution in [3.05, 3.63) is 59.7 Å². The molecule has 0 amide bonds. The highest BCUT2D eigenvalue weighted by Crippen LogP contribution is 2.34. The van der Waals surface area contributed by atoms with Crippen LogP contribution in [0.3, 0.4) is 0 Å². The Morgan fingerprint density at radius 1 is 1.05 bits per heavy atom. The van der Waals surface area contributed by atoms with Gasteiger partial charge in [0.25, 0.3) is 0 Å². The lowest BCUT2D eigenvalue weighted by atomic mass is 10.1. The van der Waals surface area contributed by atoms with Gasteiger partial charge in [0.05, 0.1) is 12.6 Å². The quantitative estimate of drug-likeness (QED) is 0.875. The third kappa shape index (κ3) is 2.76. The van der Waals surface area contributed by atoms with Crippen LogP contribution in [-0.2, 0) is 6.54 Å². The van der Waals surface area contributed by atoms with Crippen molar-refractivity contribution in [3.8, 4) is 11.5 Å². The predicted molar refractivity (Wildman–Crippen MR) is 75.7 cm³/mol. The molecule has 104 valence electrons. The van der Waals surface area contributed by atoms with Crippen LogP contribution in [-0.4, -0.2) is 18.5 Å². The van der Waals surface area contributed by atoms with Gasteiger partial charge in [-0.25, -0.2) is 0 Å². The van der Waals surface area contributed by atoms with Gasteiger partial charge in [-0.05, 0) is 23.3 Å². The lowest BCUT2D eigenvalue weighted by Gasteiger charge is -2.17. The van der Waals surface area contributed by atoms with Gasteiger partial charge < -0.3 is 19.9 Å². The Morgan fingerprint density at radius 3 is 2.65 bits per heavy atom. The average molecular weight is 271 g/mol. The number of hydrogen-bond acceptors (Lipinski definition) is 4. The first kappa shape index (κ1) is 13.0. The molecule has 2 N–H and O–H groups in total. The monoisotopic (exact) mass is 271 g/mol. The maximum absolute atomic E-state index is 9.57. The Balaban J connectivity index is 1.70. The standard InChI is InChI=1S/C16H17NO3/c18-10-14(17-9-12-4-2-1-3-5-12)13-6-7-15-16(8-13)20-11-19-15/h1-8,14,17-18H,9-11H2. The molecule has 0 saturated carbocycles. The summed E-state index contributed by atoms with van der Waals surface area (Å²) in [5, 5.41) is 12.9. The highest BCUT2D eigenvalue weighted by molar-refractivity contribution is 5.45. The highest BCUT2D eigenvalue weighted by Gasteiger charge is 2.17. The lowest BCUT2D eigenvalue weighted by Crippen LogP contribution is -2.23. The molecule has 1 aliphatic rings. The molecule has 2 aromatic carbocycles. The van der Waals surface area contributed by atoms with Crippen LogP contribution in [0.5, 0.6) is 11.5 Å². The van der Waals surface area contributed by atoms with Crippen molar-refractivity contribution < 1.29 is 14.6 Å². The molecular weight excluding hydrogens is 254 g/mol. The topological polar surface area (TPSA) is 50.7 Å². The summed E-state index contributed by atoms with van der Waals surface area (Å²) in [5.74, 6) is 1.50. The van der Waals surface area contributed by atoms with Gasteiger partial charge in [0.2, 0.25) is 6.79 Å². The predicted octanol–water partition coefficient (Wildman–Crippen LogP) is 2.24. The number of fused-ring (bicyclic) bond motifs is 1. The molecule has 1 unspecified atom stereocenters. The zero-order valence-electron chi connectivity index (χ0n) is 11.1. The molecule has 0 radical (unpaired) electrons. The van der Waals surface area contributed by atoms with Crippen LogP contribution in [0.4, 0.5) is 0 Å². The molecule has 0 bridgehead atoms. The largest absolute Gasteiger partial charge is 0.454 e. The summed E-state index contributed by atoms with van der Waals surface area (Å²) in [7, 11) is 0. The number of hydrogen-bond donors (Lipinski definition) is 2. The number of ether oxygens (including phenoxy) is 2. The molecule has 1 aliphatic heterocycles. The average Bonchev–Trinajstić information content (AvgIpc) is 2.96. The highest BCUT2D eigenvalue weighted by atomic mass is 16.7. The van der Waals surface area contributed by atoms with Crippen molar-refractivity contribution in [2.75, 3.05) is 13.4 Å². The van der Waals surface area contributed by atoms with Gasteiger partial charge in [0.15, 0.2) is 11.5 Å². The number of rotatable bonds is 5. The third-order valence-electron chi connectivity index (χ3n) is 3.38. The van der Waals surface area contributed by atoms with E-state index in [9.17, 15) is 5.11 Å². The SMILES string of the molecule is OCC(NCc1ccccc1)c1ccc2c(c1)OCO2. The Hall–Kier alpha value is -2.04. The van der Waals surface area contributed by atoms with Gasteiger partial charge in [-0.15, -0.1) is 0 Å². The van der Waals surface area contributed by atoms with Crippen molar-refractivity contribution in [2.24, 2.45) is 0 Å². The van der Waals surface area contributed by atoms with Crippen LogP contribution in [0.1, 0.15) is 17.2 Å². The zero-order valence-corrected chi connectivity index (χ0v) is 11.1. The van der Waals surface area contributed by atoms with Gasteiger partial charge >= 0.3 is 0 Å². The molecule has 0 fully saturated rings. The number of nitrogens with one attached hydrogen (secondary N) is 1. The van der Waals surface area contributed by atoms with Gasteiger partial charge in [0.1, 0.15) is 0 Å². The van der Waals surface area contributed by atoms with Crippen LogP contribution in [0.25, 0.3) is 0 Å². The Kier molecular flexibility index (Phi) is 3.85. The van der Waals surface area contributed by atoms with Gasteiger partial charge in [0, 0.05) is 6.54 Å². The van der Waals surface area contributed by atoms with E-state index in [1.54, 1.807) is 0 Å². The summed E-state index contributed by atoms with van der Waals surface area (Å²) < 4.78 is 10.7. The van der Waals surface area contributed by atoms with Crippen molar-refractivity contribution in [2.45, 2.75) is 12.6 Å². The summed E-state index contributed by atoms with van der Waals surface area (Å²) in [6.45, 7) is 1.01. The van der Waals surface area contributed by atoms with Crippen LogP contribution in [0.15, 0.2) is 48.5 Å². The smallest absolute Gasteiger partial charge is 0.231 e. The van der Waals surface area contributed by atoms with E-state index >= 15 is 0 Å². The van der Waals surface area contributed by atoms with Crippen LogP contribution >= 0.6 is 0 Å². The van der Waals surface area contributed by atoms with Crippen molar-refractivity contribution in [3.63, 3.8) is 0 Å². The summed E-state index contributed by atoms with van der Waals surface area (Å²) in [6.07, 6.45) is 0. The molecule has 20 heavy (non-hydrogen) atoms. The van der Waals surface area contributed by atoms with Crippen LogP contribution in [0, 0.1) is 0 Å². The lowest BCUT2D eigenvalue weighted by molar-refractivity contribution is 0.174. The maximum Gasteiger partial charge on any atom is 0.231 e. The van der Waals surface area contributed by atoms with Gasteiger partial charge in [-0.2, -0.15) is 0 Å². The second-order valence-electron chi connectivity index (χ2n) is 4.71. The third-order valence-corrected chi connectivity index (χ3v) is 3.38. The molecular formula is C16H17NO3. The Morgan fingerprint density at radius 2 is 1.85 bits per heavy atom. The molecule has 0 aromatic heterocycles. The second-order valence-corrected chi connectivity index (χ2v) is 4.71. The molecule has 3 rings (SSSR count). The summed E-state index contributed by atoms with van der Waals surface area (Å²) in [6, 6.07) is 15.7. The van der Waals surface area contributed by atoms with Crippen molar-refractivity contribution >= 4 is 0 Å². The fourth-order valence-corrected chi connectivity index (χ4v) is 2.25. The van der Waals surface area contributed by atoms with Gasteiger partial charge in [-0.3, -0.25) is 0 Å². The van der Waals surface area contributed by atoms with Crippen molar-refractivity contribution in [1.82, 2.24) is 5.32 Å². The maximum atomic E-state index is 9.57. The molecule has 0 spiro atoms. The van der Waals surface area contributed by atoms with E-state index in [2.05, 4.69) is 17.4 Å². The van der Waals surface area contributed by atoms with Crippen LogP contribution < -0.4 is 14.8 Å². The Bertz CT molecular complexity index is 571. The minimum Gasteiger partial charge on any atom is -0.454 e. The summed E-state index contributed by atoms with van der Waals surface area (Å²) >= 11 is 0. The van der Waals surface area contributed by atoms with E-state index in [4.69, 9.17) is 9.47 Å². The van der Waals surface area contributed by atoms with E-state index in [1.807, 2.05) is 36.4 Å². The molecule has 2 aromatic rings. The molecule has 0 aliphatic carbocycles. The minimum atomic E-state index is -0.121. The first-order chi connectivity index (χ1) is 9.86. The minimum absolute atomic E-state index is 0.0342. The first-order valence-electron chi connectivity index (χ1n) is 6.64. The normalized spacial score (nSPS) is 14.2.